The Morgan fingerprint density at radius 2 is 2.09 bits per heavy atom. The second-order valence-electron chi connectivity index (χ2n) is 4.31. The van der Waals surface area contributed by atoms with Crippen LogP contribution in [0.5, 0.6) is 11.8 Å². The number of nitrogens with zero attached hydrogens (tertiary/aromatic N) is 4. The molecule has 0 aliphatic rings. The van der Waals surface area contributed by atoms with Crippen molar-refractivity contribution in [3.8, 4) is 11.8 Å². The number of carbonyl (C=O) groups is 1. The number of para-hydroxylation sites is 2. The number of hydrogen-bond acceptors (Lipinski definition) is 8. The average Bonchev–Trinajstić information content (AvgIpc) is 2.46. The van der Waals surface area contributed by atoms with Gasteiger partial charge in [-0.3, -0.25) is 14.9 Å². The topological polar surface area (TPSA) is 146 Å². The molecule has 0 fully saturated rings. The fourth-order valence-corrected chi connectivity index (χ4v) is 1.65. The van der Waals surface area contributed by atoms with Gasteiger partial charge >= 0.3 is 11.7 Å². The van der Waals surface area contributed by atoms with E-state index in [0.29, 0.717) is 0 Å². The number of nitrogens with two attached hydrogens (primary N) is 1. The Morgan fingerprint density at radius 3 is 2.74 bits per heavy atom. The minimum absolute atomic E-state index is 0.0510. The minimum Gasteiger partial charge on any atom is -0.417 e. The maximum absolute atomic E-state index is 11.0. The summed E-state index contributed by atoms with van der Waals surface area (Å²) in [6.45, 7) is 1.50. The number of rotatable bonds is 6. The van der Waals surface area contributed by atoms with E-state index in [2.05, 4.69) is 20.3 Å². The van der Waals surface area contributed by atoms with E-state index in [0.717, 1.165) is 0 Å². The van der Waals surface area contributed by atoms with Crippen LogP contribution in [0.15, 0.2) is 24.3 Å². The zero-order chi connectivity index (χ0) is 17.0. The molecular weight excluding hydrogens is 328 g/mol. The zero-order valence-corrected chi connectivity index (χ0v) is 12.5. The lowest BCUT2D eigenvalue weighted by Crippen LogP contribution is -2.33. The molecular formula is C12H11ClN6O4. The second kappa shape index (κ2) is 6.83. The summed E-state index contributed by atoms with van der Waals surface area (Å²) in [5.41, 5.74) is 4.86. The van der Waals surface area contributed by atoms with Gasteiger partial charge in [0.05, 0.1) is 4.92 Å². The van der Waals surface area contributed by atoms with Crippen LogP contribution in [0.3, 0.4) is 0 Å². The van der Waals surface area contributed by atoms with E-state index < -0.39 is 16.9 Å². The van der Waals surface area contributed by atoms with Gasteiger partial charge in [-0.05, 0) is 24.6 Å². The molecule has 120 valence electrons. The summed E-state index contributed by atoms with van der Waals surface area (Å²) >= 11 is 5.75. The Bertz CT molecular complexity index is 756. The van der Waals surface area contributed by atoms with Crippen LogP contribution in [-0.2, 0) is 4.79 Å². The number of nitro benzene ring substituents is 1. The lowest BCUT2D eigenvalue weighted by molar-refractivity contribution is -0.385. The summed E-state index contributed by atoms with van der Waals surface area (Å²) in [5.74, 6) is -0.735. The predicted molar refractivity (Wildman–Crippen MR) is 80.3 cm³/mol. The van der Waals surface area contributed by atoms with Crippen LogP contribution >= 0.6 is 11.6 Å². The number of halogens is 1. The molecule has 2 aromatic rings. The van der Waals surface area contributed by atoms with Gasteiger partial charge in [0, 0.05) is 6.07 Å². The van der Waals surface area contributed by atoms with Crippen LogP contribution < -0.4 is 15.8 Å². The predicted octanol–water partition coefficient (Wildman–Crippen LogP) is 1.51. The van der Waals surface area contributed by atoms with Gasteiger partial charge in [-0.15, -0.1) is 0 Å². The van der Waals surface area contributed by atoms with Gasteiger partial charge in [0.2, 0.25) is 22.9 Å². The summed E-state index contributed by atoms with van der Waals surface area (Å²) in [4.78, 5) is 32.7. The van der Waals surface area contributed by atoms with E-state index in [4.69, 9.17) is 22.1 Å². The maximum atomic E-state index is 11.0. The highest BCUT2D eigenvalue weighted by Gasteiger charge is 2.17. The Kier molecular flexibility index (Phi) is 4.86. The smallest absolute Gasteiger partial charge is 0.328 e. The molecule has 3 N–H and O–H groups in total. The molecule has 0 aliphatic heterocycles. The largest absolute Gasteiger partial charge is 0.417 e. The standard InChI is InChI=1S/C12H11ClN6O4/c1-6(9(14)20)15-11-16-10(13)17-12(18-11)23-8-5-3-2-4-7(8)19(21)22/h2-6H,1H3,(H2,14,20)(H,15,16,17,18)/t6-/m0/s1. The second-order valence-corrected chi connectivity index (χ2v) is 4.64. The molecule has 1 aromatic carbocycles. The number of amides is 1. The highest BCUT2D eigenvalue weighted by Crippen LogP contribution is 2.29. The maximum Gasteiger partial charge on any atom is 0.328 e. The number of anilines is 1. The third-order valence-electron chi connectivity index (χ3n) is 2.62. The first-order valence-corrected chi connectivity index (χ1v) is 6.63. The lowest BCUT2D eigenvalue weighted by Gasteiger charge is -2.11. The van der Waals surface area contributed by atoms with Crippen molar-refractivity contribution in [2.75, 3.05) is 5.32 Å². The molecule has 23 heavy (non-hydrogen) atoms. The molecule has 2 rings (SSSR count). The summed E-state index contributed by atoms with van der Waals surface area (Å²) in [7, 11) is 0. The molecule has 1 atom stereocenters. The minimum atomic E-state index is -0.757. The van der Waals surface area contributed by atoms with E-state index in [-0.39, 0.29) is 28.7 Å². The van der Waals surface area contributed by atoms with Crippen molar-refractivity contribution in [1.82, 2.24) is 15.0 Å². The highest BCUT2D eigenvalue weighted by molar-refractivity contribution is 6.28. The van der Waals surface area contributed by atoms with Gasteiger partial charge in [-0.1, -0.05) is 12.1 Å². The monoisotopic (exact) mass is 338 g/mol. The molecule has 0 saturated carbocycles. The number of nitrogens with one attached hydrogen (secondary N) is 1. The molecule has 11 heteroatoms. The first-order valence-electron chi connectivity index (χ1n) is 6.25. The lowest BCUT2D eigenvalue weighted by atomic mass is 10.3. The van der Waals surface area contributed by atoms with Crippen LogP contribution in [0.4, 0.5) is 11.6 Å². The van der Waals surface area contributed by atoms with Crippen molar-refractivity contribution >= 4 is 29.1 Å². The van der Waals surface area contributed by atoms with Gasteiger partial charge in [-0.25, -0.2) is 0 Å². The Labute approximate surface area is 134 Å². The molecule has 1 aromatic heterocycles. The summed E-state index contributed by atoms with van der Waals surface area (Å²) in [6, 6.07) is 4.68. The van der Waals surface area contributed by atoms with Gasteiger partial charge in [0.1, 0.15) is 6.04 Å². The Balaban J connectivity index is 2.29. The fraction of sp³-hybridized carbons (Fsp3) is 0.167. The van der Waals surface area contributed by atoms with Crippen molar-refractivity contribution in [1.29, 1.82) is 0 Å². The van der Waals surface area contributed by atoms with Crippen LogP contribution in [0.1, 0.15) is 6.92 Å². The van der Waals surface area contributed by atoms with E-state index >= 15 is 0 Å². The molecule has 0 bridgehead atoms. The van der Waals surface area contributed by atoms with Crippen molar-refractivity contribution in [2.45, 2.75) is 13.0 Å². The molecule has 0 saturated heterocycles. The third kappa shape index (κ3) is 4.23. The third-order valence-corrected chi connectivity index (χ3v) is 2.79. The molecule has 0 radical (unpaired) electrons. The number of carbonyl (C=O) groups excluding carboxylic acids is 1. The first kappa shape index (κ1) is 16.4. The highest BCUT2D eigenvalue weighted by atomic mass is 35.5. The van der Waals surface area contributed by atoms with Crippen molar-refractivity contribution in [2.24, 2.45) is 5.73 Å². The van der Waals surface area contributed by atoms with Crippen molar-refractivity contribution in [3.05, 3.63) is 39.7 Å². The number of primary amides is 1. The summed E-state index contributed by atoms with van der Waals surface area (Å²) in [6.07, 6.45) is 0. The van der Waals surface area contributed by atoms with E-state index in [1.165, 1.54) is 25.1 Å². The van der Waals surface area contributed by atoms with E-state index in [1.807, 2.05) is 0 Å². The fourth-order valence-electron chi connectivity index (χ4n) is 1.50. The first-order chi connectivity index (χ1) is 10.9. The molecule has 0 unspecified atom stereocenters. The van der Waals surface area contributed by atoms with Gasteiger partial charge in [0.25, 0.3) is 0 Å². The van der Waals surface area contributed by atoms with Crippen LogP contribution in [-0.4, -0.2) is 31.8 Å². The van der Waals surface area contributed by atoms with Gasteiger partial charge < -0.3 is 15.8 Å². The zero-order valence-electron chi connectivity index (χ0n) is 11.8. The molecule has 1 heterocycles. The molecule has 0 spiro atoms. The van der Waals surface area contributed by atoms with Crippen LogP contribution in [0.25, 0.3) is 0 Å². The normalized spacial score (nSPS) is 11.6. The van der Waals surface area contributed by atoms with Gasteiger partial charge in [0.15, 0.2) is 0 Å². The average molecular weight is 339 g/mol. The van der Waals surface area contributed by atoms with Crippen molar-refractivity contribution in [3.63, 3.8) is 0 Å². The van der Waals surface area contributed by atoms with E-state index in [1.54, 1.807) is 6.07 Å². The number of hydrogen-bond donors (Lipinski definition) is 2. The van der Waals surface area contributed by atoms with Gasteiger partial charge in [-0.2, -0.15) is 15.0 Å². The number of nitro groups is 1. The molecule has 10 nitrogen and oxygen atoms in total. The number of aromatic nitrogens is 3. The SMILES string of the molecule is C[C@H](Nc1nc(Cl)nc(Oc2ccccc2[N+](=O)[O-])n1)C(N)=O. The summed E-state index contributed by atoms with van der Waals surface area (Å²) in [5, 5.41) is 13.3. The number of ether oxygens (including phenoxy) is 1. The Hall–Kier alpha value is -3.01. The van der Waals surface area contributed by atoms with Crippen LogP contribution in [0.2, 0.25) is 5.28 Å². The number of benzene rings is 1. The van der Waals surface area contributed by atoms with E-state index in [9.17, 15) is 14.9 Å². The quantitative estimate of drug-likeness (QED) is 0.595. The summed E-state index contributed by atoms with van der Waals surface area (Å²) < 4.78 is 5.29. The van der Waals surface area contributed by atoms with Crippen molar-refractivity contribution < 1.29 is 14.5 Å². The van der Waals surface area contributed by atoms with Crippen LogP contribution in [0, 0.1) is 10.1 Å². The molecule has 1 amide bonds. The molecule has 0 aliphatic carbocycles. The Morgan fingerprint density at radius 1 is 1.39 bits per heavy atom.